The molecule has 2 rings (SSSR count). The summed E-state index contributed by atoms with van der Waals surface area (Å²) < 4.78 is 11.0. The number of rotatable bonds is 6. The largest absolute Gasteiger partial charge is 0.497 e. The van der Waals surface area contributed by atoms with Crippen molar-refractivity contribution >= 4 is 11.9 Å². The molecule has 1 fully saturated rings. The minimum atomic E-state index is -0.833. The van der Waals surface area contributed by atoms with Gasteiger partial charge >= 0.3 is 0 Å². The van der Waals surface area contributed by atoms with Crippen LogP contribution < -0.4 is 15.2 Å². The van der Waals surface area contributed by atoms with Crippen molar-refractivity contribution in [3.8, 4) is 11.5 Å². The number of carbonyl (C=O) groups is 2. The number of ether oxygens (including phenoxy) is 2. The predicted octanol–water partition coefficient (Wildman–Crippen LogP) is 2.14. The van der Waals surface area contributed by atoms with Crippen LogP contribution in [-0.4, -0.2) is 66.4 Å². The highest BCUT2D eigenvalue weighted by molar-refractivity contribution is 5.97. The van der Waals surface area contributed by atoms with Crippen LogP contribution in [0.25, 0.3) is 0 Å². The number of nitrogens with two attached hydrogens (primary N) is 1. The Morgan fingerprint density at radius 2 is 2.00 bits per heavy atom. The van der Waals surface area contributed by atoms with Crippen molar-refractivity contribution in [2.24, 2.45) is 11.1 Å². The number of aliphatic carboxylic acids is 1. The van der Waals surface area contributed by atoms with Crippen LogP contribution in [0.3, 0.4) is 0 Å². The molecule has 4 N–H and O–H groups in total. The van der Waals surface area contributed by atoms with Crippen molar-refractivity contribution in [1.82, 2.24) is 4.90 Å². The fourth-order valence-corrected chi connectivity index (χ4v) is 3.24. The van der Waals surface area contributed by atoms with E-state index in [4.69, 9.17) is 25.1 Å². The normalized spacial score (nSPS) is 18.1. The van der Waals surface area contributed by atoms with Gasteiger partial charge < -0.3 is 30.3 Å². The third-order valence-electron chi connectivity index (χ3n) is 4.45. The molecule has 0 aliphatic carbocycles. The molecule has 8 heteroatoms. The van der Waals surface area contributed by atoms with Crippen molar-refractivity contribution in [1.29, 1.82) is 0 Å². The molecule has 0 spiro atoms. The number of aliphatic hydroxyl groups is 1. The summed E-state index contributed by atoms with van der Waals surface area (Å²) in [6, 6.07) is 5.26. The van der Waals surface area contributed by atoms with Crippen LogP contribution in [-0.2, 0) is 4.79 Å². The van der Waals surface area contributed by atoms with E-state index in [0.29, 0.717) is 56.1 Å². The smallest absolute Gasteiger partial charge is 0.300 e. The average molecular weight is 411 g/mol. The number of amides is 1. The topological polar surface area (TPSA) is 122 Å². The Morgan fingerprint density at radius 3 is 2.59 bits per heavy atom. The highest BCUT2D eigenvalue weighted by Gasteiger charge is 2.32. The minimum absolute atomic E-state index is 0.0937. The van der Waals surface area contributed by atoms with E-state index in [9.17, 15) is 9.90 Å². The van der Waals surface area contributed by atoms with E-state index < -0.39 is 5.97 Å². The summed E-state index contributed by atoms with van der Waals surface area (Å²) in [5, 5.41) is 17.5. The fourth-order valence-electron chi connectivity index (χ4n) is 3.24. The Morgan fingerprint density at radius 1 is 1.34 bits per heavy atom. The van der Waals surface area contributed by atoms with Gasteiger partial charge in [-0.3, -0.25) is 9.59 Å². The van der Waals surface area contributed by atoms with Crippen molar-refractivity contribution < 1.29 is 29.3 Å². The average Bonchev–Trinajstić information content (AvgIpc) is 2.77. The first-order valence-corrected chi connectivity index (χ1v) is 9.77. The molecule has 1 aromatic rings. The molecule has 1 aromatic carbocycles. The SMILES string of the molecule is CC(=O)O.COc1ccc(OCCCN)c(C(=O)N2CCC(O)CC(C)(C)C2)c1. The third kappa shape index (κ3) is 8.70. The second-order valence-corrected chi connectivity index (χ2v) is 7.91. The highest BCUT2D eigenvalue weighted by atomic mass is 16.5. The number of methoxy groups -OCH3 is 1. The molecule has 1 saturated heterocycles. The number of carboxylic acids is 1. The summed E-state index contributed by atoms with van der Waals surface area (Å²) in [6.07, 6.45) is 1.62. The van der Waals surface area contributed by atoms with E-state index in [1.165, 1.54) is 0 Å². The van der Waals surface area contributed by atoms with Crippen molar-refractivity contribution in [3.05, 3.63) is 23.8 Å². The van der Waals surface area contributed by atoms with E-state index in [1.807, 2.05) is 0 Å². The zero-order chi connectivity index (χ0) is 22.0. The molecule has 1 amide bonds. The van der Waals surface area contributed by atoms with Crippen LogP contribution in [0.2, 0.25) is 0 Å². The van der Waals surface area contributed by atoms with Gasteiger partial charge in [0.2, 0.25) is 0 Å². The lowest BCUT2D eigenvalue weighted by Crippen LogP contribution is -2.37. The molecule has 29 heavy (non-hydrogen) atoms. The van der Waals surface area contributed by atoms with Gasteiger partial charge in [0.15, 0.2) is 0 Å². The molecule has 0 aromatic heterocycles. The summed E-state index contributed by atoms with van der Waals surface area (Å²) in [5.41, 5.74) is 5.87. The Bertz CT molecular complexity index is 673. The summed E-state index contributed by atoms with van der Waals surface area (Å²) in [6.45, 7) is 7.37. The molecule has 1 atom stereocenters. The van der Waals surface area contributed by atoms with Crippen LogP contribution in [0.4, 0.5) is 0 Å². The Kier molecular flexibility index (Phi) is 9.91. The summed E-state index contributed by atoms with van der Waals surface area (Å²) >= 11 is 0. The van der Waals surface area contributed by atoms with Crippen LogP contribution in [0.15, 0.2) is 18.2 Å². The van der Waals surface area contributed by atoms with Gasteiger partial charge in [-0.05, 0) is 49.4 Å². The maximum Gasteiger partial charge on any atom is 0.300 e. The van der Waals surface area contributed by atoms with E-state index in [-0.39, 0.29) is 17.4 Å². The quantitative estimate of drug-likeness (QED) is 0.614. The monoisotopic (exact) mass is 410 g/mol. The maximum atomic E-state index is 13.2. The van der Waals surface area contributed by atoms with Crippen LogP contribution >= 0.6 is 0 Å². The van der Waals surface area contributed by atoms with Gasteiger partial charge in [0.1, 0.15) is 11.5 Å². The zero-order valence-electron chi connectivity index (χ0n) is 17.8. The van der Waals surface area contributed by atoms with Crippen molar-refractivity contribution in [2.75, 3.05) is 33.4 Å². The lowest BCUT2D eigenvalue weighted by atomic mass is 9.87. The predicted molar refractivity (Wildman–Crippen MR) is 110 cm³/mol. The fraction of sp³-hybridized carbons (Fsp3) is 0.619. The lowest BCUT2D eigenvalue weighted by Gasteiger charge is -2.30. The molecular formula is C21H34N2O6. The third-order valence-corrected chi connectivity index (χ3v) is 4.45. The van der Waals surface area contributed by atoms with E-state index >= 15 is 0 Å². The summed E-state index contributed by atoms with van der Waals surface area (Å²) in [7, 11) is 1.57. The number of carbonyl (C=O) groups excluding carboxylic acids is 1. The lowest BCUT2D eigenvalue weighted by molar-refractivity contribution is -0.134. The first-order valence-electron chi connectivity index (χ1n) is 9.77. The van der Waals surface area contributed by atoms with Gasteiger partial charge in [-0.15, -0.1) is 0 Å². The Hall–Kier alpha value is -2.32. The molecule has 1 aliphatic heterocycles. The number of hydrogen-bond acceptors (Lipinski definition) is 6. The maximum absolute atomic E-state index is 13.2. The minimum Gasteiger partial charge on any atom is -0.497 e. The number of likely N-dealkylation sites (tertiary alicyclic amines) is 1. The molecular weight excluding hydrogens is 376 g/mol. The molecule has 164 valence electrons. The zero-order valence-corrected chi connectivity index (χ0v) is 17.8. The summed E-state index contributed by atoms with van der Waals surface area (Å²) in [5.74, 6) is 0.231. The van der Waals surface area contributed by atoms with E-state index in [0.717, 1.165) is 13.3 Å². The molecule has 8 nitrogen and oxygen atoms in total. The van der Waals surface area contributed by atoms with Gasteiger partial charge in [0.25, 0.3) is 11.9 Å². The second-order valence-electron chi connectivity index (χ2n) is 7.91. The second kappa shape index (κ2) is 11.6. The molecule has 1 aliphatic rings. The van der Waals surface area contributed by atoms with E-state index in [2.05, 4.69) is 13.8 Å². The van der Waals surface area contributed by atoms with Gasteiger partial charge in [-0.1, -0.05) is 13.8 Å². The molecule has 0 bridgehead atoms. The number of hydrogen-bond donors (Lipinski definition) is 3. The molecule has 1 heterocycles. The summed E-state index contributed by atoms with van der Waals surface area (Å²) in [4.78, 5) is 24.0. The number of aliphatic hydroxyl groups excluding tert-OH is 1. The van der Waals surface area contributed by atoms with Crippen LogP contribution in [0, 0.1) is 5.41 Å². The molecule has 0 radical (unpaired) electrons. The standard InChI is InChI=1S/C19H30N2O4.C2H4O2/c1-19(2)12-14(22)7-9-21(13-19)18(23)16-11-15(24-3)5-6-17(16)25-10-4-8-20;1-2(3)4/h5-6,11,14,22H,4,7-10,12-13,20H2,1-3H3;1H3,(H,3,4). The first kappa shape index (κ1) is 24.7. The van der Waals surface area contributed by atoms with Crippen LogP contribution in [0.5, 0.6) is 11.5 Å². The number of carboxylic acid groups (broad SMARTS) is 1. The van der Waals surface area contributed by atoms with Crippen molar-refractivity contribution in [2.45, 2.75) is 46.1 Å². The van der Waals surface area contributed by atoms with Crippen LogP contribution in [0.1, 0.15) is 50.4 Å². The Labute approximate surface area is 172 Å². The van der Waals surface area contributed by atoms with Gasteiger partial charge in [0, 0.05) is 20.0 Å². The number of nitrogens with zero attached hydrogens (tertiary/aromatic N) is 1. The Balaban J connectivity index is 0.000000960. The highest BCUT2D eigenvalue weighted by Crippen LogP contribution is 2.31. The number of benzene rings is 1. The molecule has 0 saturated carbocycles. The van der Waals surface area contributed by atoms with Crippen molar-refractivity contribution in [3.63, 3.8) is 0 Å². The molecule has 1 unspecified atom stereocenters. The van der Waals surface area contributed by atoms with Gasteiger partial charge in [0.05, 0.1) is 25.4 Å². The first-order chi connectivity index (χ1) is 13.6. The van der Waals surface area contributed by atoms with E-state index in [1.54, 1.807) is 30.2 Å². The van der Waals surface area contributed by atoms with Gasteiger partial charge in [-0.25, -0.2) is 0 Å². The van der Waals surface area contributed by atoms with Gasteiger partial charge in [-0.2, -0.15) is 0 Å².